The number of fused-ring (bicyclic) bond motifs is 8. The van der Waals surface area contributed by atoms with Crippen LogP contribution in [0, 0.1) is 11.8 Å². The van der Waals surface area contributed by atoms with Crippen LogP contribution in [0.3, 0.4) is 0 Å². The van der Waals surface area contributed by atoms with Gasteiger partial charge in [-0.3, -0.25) is 0 Å². The Morgan fingerprint density at radius 3 is 1.60 bits per heavy atom. The van der Waals surface area contributed by atoms with Crippen LogP contribution in [0.4, 0.5) is 0 Å². The highest BCUT2D eigenvalue weighted by atomic mass is 16.3. The van der Waals surface area contributed by atoms with Gasteiger partial charge in [-0.25, -0.2) is 0 Å². The molecule has 0 aliphatic heterocycles. The van der Waals surface area contributed by atoms with E-state index in [-0.39, 0.29) is 0 Å². The Morgan fingerprint density at radius 1 is 0.700 bits per heavy atom. The van der Waals surface area contributed by atoms with Gasteiger partial charge in [-0.1, -0.05) is 12.1 Å². The van der Waals surface area contributed by atoms with E-state index in [1.54, 1.807) is 0 Å². The fourth-order valence-electron chi connectivity index (χ4n) is 5.06. The lowest BCUT2D eigenvalue weighted by atomic mass is 9.57. The lowest BCUT2D eigenvalue weighted by Crippen LogP contribution is -2.38. The number of hydrogen-bond acceptors (Lipinski definition) is 2. The third-order valence-corrected chi connectivity index (χ3v) is 5.73. The van der Waals surface area contributed by atoms with Crippen LogP contribution in [0.5, 0.6) is 11.5 Å². The molecule has 3 aliphatic carbocycles. The summed E-state index contributed by atoms with van der Waals surface area (Å²) in [7, 11) is 0. The molecule has 0 saturated heterocycles. The van der Waals surface area contributed by atoms with Gasteiger partial charge >= 0.3 is 0 Å². The third-order valence-electron chi connectivity index (χ3n) is 5.73. The van der Waals surface area contributed by atoms with Crippen molar-refractivity contribution in [3.63, 3.8) is 0 Å². The van der Waals surface area contributed by atoms with Crippen molar-refractivity contribution in [1.29, 1.82) is 0 Å². The number of phenols is 2. The van der Waals surface area contributed by atoms with Crippen LogP contribution in [0.2, 0.25) is 0 Å². The molecule has 0 aromatic heterocycles. The maximum atomic E-state index is 9.65. The smallest absolute Gasteiger partial charge is 0.115 e. The van der Waals surface area contributed by atoms with E-state index in [2.05, 4.69) is 12.1 Å². The molecule has 1 fully saturated rings. The normalized spacial score (nSPS) is 32.0. The fraction of sp³-hybridized carbons (Fsp3) is 0.333. The maximum absolute atomic E-state index is 9.65. The highest BCUT2D eigenvalue weighted by molar-refractivity contribution is 5.52. The number of benzene rings is 2. The molecule has 2 aromatic rings. The summed E-state index contributed by atoms with van der Waals surface area (Å²) in [5.41, 5.74) is 5.58. The third kappa shape index (κ3) is 1.16. The molecule has 0 heterocycles. The zero-order chi connectivity index (χ0) is 13.4. The minimum Gasteiger partial charge on any atom is -0.508 e. The molecule has 0 unspecified atom stereocenters. The van der Waals surface area contributed by atoms with Crippen molar-refractivity contribution in [2.24, 2.45) is 11.8 Å². The standard InChI is InChI=1S/C18H16O2/c19-11-1-3-13-9(5-11)7-15-17(13)16-8-10-6-12(20)2-4-14(10)18(15)16/h1-6,15-20H,7-8H2. The van der Waals surface area contributed by atoms with Gasteiger partial charge in [0.1, 0.15) is 11.5 Å². The summed E-state index contributed by atoms with van der Waals surface area (Å²) in [6.45, 7) is 0. The topological polar surface area (TPSA) is 40.5 Å². The van der Waals surface area contributed by atoms with Gasteiger partial charge in [-0.15, -0.1) is 0 Å². The Labute approximate surface area is 117 Å². The number of hydrogen-bond donors (Lipinski definition) is 2. The molecule has 2 nitrogen and oxygen atoms in total. The van der Waals surface area contributed by atoms with Gasteiger partial charge in [0.15, 0.2) is 0 Å². The first-order valence-electron chi connectivity index (χ1n) is 7.36. The van der Waals surface area contributed by atoms with Crippen LogP contribution in [-0.2, 0) is 12.8 Å². The molecule has 2 aromatic carbocycles. The molecule has 3 aliphatic rings. The first-order chi connectivity index (χ1) is 9.72. The van der Waals surface area contributed by atoms with Crippen molar-refractivity contribution >= 4 is 0 Å². The summed E-state index contributed by atoms with van der Waals surface area (Å²) in [5.74, 6) is 3.49. The number of rotatable bonds is 0. The summed E-state index contributed by atoms with van der Waals surface area (Å²) in [5, 5.41) is 19.3. The van der Waals surface area contributed by atoms with E-state index in [9.17, 15) is 10.2 Å². The molecule has 100 valence electrons. The lowest BCUT2D eigenvalue weighted by Gasteiger charge is -2.46. The molecule has 0 bridgehead atoms. The summed E-state index contributed by atoms with van der Waals surface area (Å²) in [6, 6.07) is 11.8. The van der Waals surface area contributed by atoms with E-state index >= 15 is 0 Å². The second-order valence-electron chi connectivity index (χ2n) is 6.55. The largest absolute Gasteiger partial charge is 0.508 e. The zero-order valence-corrected chi connectivity index (χ0v) is 11.1. The monoisotopic (exact) mass is 264 g/mol. The second-order valence-corrected chi connectivity index (χ2v) is 6.55. The summed E-state index contributed by atoms with van der Waals surface area (Å²) < 4.78 is 0. The molecule has 1 saturated carbocycles. The summed E-state index contributed by atoms with van der Waals surface area (Å²) in [4.78, 5) is 0. The SMILES string of the molecule is Oc1ccc2c(c1)CC1C2C2Cc3cc(O)ccc3C12. The molecular formula is C18H16O2. The van der Waals surface area contributed by atoms with E-state index < -0.39 is 0 Å². The van der Waals surface area contributed by atoms with Gasteiger partial charge in [0.25, 0.3) is 0 Å². The van der Waals surface area contributed by atoms with E-state index in [1.165, 1.54) is 22.3 Å². The van der Waals surface area contributed by atoms with Gasteiger partial charge in [0.2, 0.25) is 0 Å². The van der Waals surface area contributed by atoms with Crippen LogP contribution in [0.1, 0.15) is 34.1 Å². The minimum atomic E-state index is 0.389. The summed E-state index contributed by atoms with van der Waals surface area (Å²) in [6.07, 6.45) is 2.19. The lowest BCUT2D eigenvalue weighted by molar-refractivity contribution is 0.128. The minimum absolute atomic E-state index is 0.389. The second kappa shape index (κ2) is 3.38. The average molecular weight is 264 g/mol. The van der Waals surface area contributed by atoms with Crippen molar-refractivity contribution in [2.75, 3.05) is 0 Å². The van der Waals surface area contributed by atoms with Crippen molar-refractivity contribution in [3.8, 4) is 11.5 Å². The average Bonchev–Trinajstić information content (AvgIpc) is 2.88. The van der Waals surface area contributed by atoms with Crippen molar-refractivity contribution < 1.29 is 10.2 Å². The zero-order valence-electron chi connectivity index (χ0n) is 11.1. The van der Waals surface area contributed by atoms with Gasteiger partial charge in [-0.05, 0) is 83.0 Å². The Morgan fingerprint density at radius 2 is 1.15 bits per heavy atom. The van der Waals surface area contributed by atoms with Crippen LogP contribution >= 0.6 is 0 Å². The molecule has 2 heteroatoms. The van der Waals surface area contributed by atoms with Crippen LogP contribution < -0.4 is 0 Å². The quantitative estimate of drug-likeness (QED) is 0.766. The molecule has 5 rings (SSSR count). The Balaban J connectivity index is 1.58. The van der Waals surface area contributed by atoms with Gasteiger partial charge in [0.05, 0.1) is 0 Å². The fourth-order valence-corrected chi connectivity index (χ4v) is 5.06. The highest BCUT2D eigenvalue weighted by Crippen LogP contribution is 2.67. The van der Waals surface area contributed by atoms with Crippen molar-refractivity contribution in [1.82, 2.24) is 0 Å². The maximum Gasteiger partial charge on any atom is 0.115 e. The predicted octanol–water partition coefficient (Wildman–Crippen LogP) is 3.32. The molecule has 0 amide bonds. The first kappa shape index (κ1) is 10.8. The van der Waals surface area contributed by atoms with Crippen molar-refractivity contribution in [2.45, 2.75) is 24.7 Å². The van der Waals surface area contributed by atoms with E-state index in [4.69, 9.17) is 0 Å². The van der Waals surface area contributed by atoms with E-state index in [0.717, 1.165) is 12.8 Å². The molecule has 20 heavy (non-hydrogen) atoms. The molecular weight excluding hydrogens is 248 g/mol. The van der Waals surface area contributed by atoms with Crippen LogP contribution in [0.15, 0.2) is 36.4 Å². The Bertz CT molecular complexity index is 663. The van der Waals surface area contributed by atoms with E-state index in [0.29, 0.717) is 35.2 Å². The van der Waals surface area contributed by atoms with Crippen molar-refractivity contribution in [3.05, 3.63) is 58.7 Å². The van der Waals surface area contributed by atoms with E-state index in [1.807, 2.05) is 24.3 Å². The first-order valence-corrected chi connectivity index (χ1v) is 7.36. The molecule has 0 spiro atoms. The van der Waals surface area contributed by atoms with Crippen LogP contribution in [0.25, 0.3) is 0 Å². The molecule has 0 atom stereocenters. The van der Waals surface area contributed by atoms with Gasteiger partial charge in [0, 0.05) is 0 Å². The predicted molar refractivity (Wildman–Crippen MR) is 76.1 cm³/mol. The van der Waals surface area contributed by atoms with Gasteiger partial charge < -0.3 is 10.2 Å². The highest BCUT2D eigenvalue weighted by Gasteiger charge is 2.57. The number of phenolic OH excluding ortho intramolecular Hbond substituents is 2. The Hall–Kier alpha value is -1.96. The molecule has 2 N–H and O–H groups in total. The van der Waals surface area contributed by atoms with Crippen LogP contribution in [-0.4, -0.2) is 10.2 Å². The summed E-state index contributed by atoms with van der Waals surface area (Å²) >= 11 is 0. The van der Waals surface area contributed by atoms with Gasteiger partial charge in [-0.2, -0.15) is 0 Å². The number of aromatic hydroxyl groups is 2. The molecule has 0 radical (unpaired) electrons. The Kier molecular flexibility index (Phi) is 1.82.